The standard InChI is InChI=1S/C14H21ClN4O/c1-19-4-2-3-9(8-19)7-18-13-11(14(17)20)5-10(16)6-12(13)15/h5-6,9,18H,2-4,7-8,16H2,1H3,(H2,17,20). The SMILES string of the molecule is CN1CCCC(CNc2c(Cl)cc(N)cc2C(N)=O)C1. The predicted molar refractivity (Wildman–Crippen MR) is 83.1 cm³/mol. The molecule has 110 valence electrons. The van der Waals surface area contributed by atoms with Crippen LogP contribution in [0.2, 0.25) is 5.02 Å². The summed E-state index contributed by atoms with van der Waals surface area (Å²) in [7, 11) is 2.12. The Morgan fingerprint density at radius 2 is 2.30 bits per heavy atom. The minimum atomic E-state index is -0.525. The third kappa shape index (κ3) is 3.55. The average molecular weight is 297 g/mol. The fraction of sp³-hybridized carbons (Fsp3) is 0.500. The number of anilines is 2. The van der Waals surface area contributed by atoms with Gasteiger partial charge in [0, 0.05) is 18.8 Å². The Bertz CT molecular complexity index is 506. The van der Waals surface area contributed by atoms with E-state index in [-0.39, 0.29) is 0 Å². The lowest BCUT2D eigenvalue weighted by atomic mass is 9.98. The second kappa shape index (κ2) is 6.33. The van der Waals surface area contributed by atoms with Crippen molar-refractivity contribution in [1.29, 1.82) is 0 Å². The van der Waals surface area contributed by atoms with Crippen LogP contribution in [0, 0.1) is 5.92 Å². The van der Waals surface area contributed by atoms with E-state index in [4.69, 9.17) is 23.1 Å². The summed E-state index contributed by atoms with van der Waals surface area (Å²) in [6.07, 6.45) is 2.37. The van der Waals surface area contributed by atoms with Crippen molar-refractivity contribution in [3.63, 3.8) is 0 Å². The number of carbonyl (C=O) groups is 1. The van der Waals surface area contributed by atoms with E-state index in [0.717, 1.165) is 19.6 Å². The van der Waals surface area contributed by atoms with Gasteiger partial charge in [-0.1, -0.05) is 11.6 Å². The maximum atomic E-state index is 11.5. The van der Waals surface area contributed by atoms with Gasteiger partial charge < -0.3 is 21.7 Å². The molecule has 0 spiro atoms. The number of likely N-dealkylation sites (tertiary alicyclic amines) is 1. The molecule has 6 heteroatoms. The molecule has 1 aromatic carbocycles. The van der Waals surface area contributed by atoms with E-state index in [1.54, 1.807) is 12.1 Å². The molecule has 0 radical (unpaired) electrons. The van der Waals surface area contributed by atoms with Crippen LogP contribution in [-0.2, 0) is 0 Å². The molecular formula is C14H21ClN4O. The van der Waals surface area contributed by atoms with Crippen molar-refractivity contribution in [2.45, 2.75) is 12.8 Å². The van der Waals surface area contributed by atoms with Crippen LogP contribution < -0.4 is 16.8 Å². The van der Waals surface area contributed by atoms with Crippen molar-refractivity contribution in [3.8, 4) is 0 Å². The molecule has 1 aliphatic heterocycles. The number of benzene rings is 1. The summed E-state index contributed by atoms with van der Waals surface area (Å²) in [4.78, 5) is 13.8. The van der Waals surface area contributed by atoms with E-state index in [1.165, 1.54) is 12.8 Å². The highest BCUT2D eigenvalue weighted by Crippen LogP contribution is 2.29. The van der Waals surface area contributed by atoms with Crippen LogP contribution in [0.25, 0.3) is 0 Å². The molecular weight excluding hydrogens is 276 g/mol. The van der Waals surface area contributed by atoms with Gasteiger partial charge in [-0.25, -0.2) is 0 Å². The Kier molecular flexibility index (Phi) is 4.73. The first-order chi connectivity index (χ1) is 9.47. The van der Waals surface area contributed by atoms with Gasteiger partial charge in [0.25, 0.3) is 5.91 Å². The molecule has 5 nitrogen and oxygen atoms in total. The normalized spacial score (nSPS) is 19.8. The van der Waals surface area contributed by atoms with Crippen LogP contribution in [0.15, 0.2) is 12.1 Å². The topological polar surface area (TPSA) is 84.4 Å². The second-order valence-electron chi connectivity index (χ2n) is 5.44. The minimum absolute atomic E-state index is 0.346. The lowest BCUT2D eigenvalue weighted by Gasteiger charge is -2.30. The molecule has 5 N–H and O–H groups in total. The Morgan fingerprint density at radius 3 is 2.95 bits per heavy atom. The highest BCUT2D eigenvalue weighted by atomic mass is 35.5. The zero-order valence-corrected chi connectivity index (χ0v) is 12.4. The van der Waals surface area contributed by atoms with Crippen LogP contribution in [0.3, 0.4) is 0 Å². The summed E-state index contributed by atoms with van der Waals surface area (Å²) >= 11 is 6.16. The highest BCUT2D eigenvalue weighted by molar-refractivity contribution is 6.34. The Morgan fingerprint density at radius 1 is 1.55 bits per heavy atom. The first kappa shape index (κ1) is 14.9. The Labute approximate surface area is 124 Å². The molecule has 1 aromatic rings. The van der Waals surface area contributed by atoms with Crippen LogP contribution in [0.1, 0.15) is 23.2 Å². The maximum Gasteiger partial charge on any atom is 0.250 e. The van der Waals surface area contributed by atoms with E-state index >= 15 is 0 Å². The van der Waals surface area contributed by atoms with Gasteiger partial charge in [-0.2, -0.15) is 0 Å². The van der Waals surface area contributed by atoms with Gasteiger partial charge in [0.15, 0.2) is 0 Å². The molecule has 20 heavy (non-hydrogen) atoms. The summed E-state index contributed by atoms with van der Waals surface area (Å²) in [5, 5.41) is 3.70. The maximum absolute atomic E-state index is 11.5. The van der Waals surface area contributed by atoms with E-state index < -0.39 is 5.91 Å². The molecule has 2 rings (SSSR count). The monoisotopic (exact) mass is 296 g/mol. The van der Waals surface area contributed by atoms with Gasteiger partial charge in [0.1, 0.15) is 0 Å². The number of hydrogen-bond donors (Lipinski definition) is 3. The number of hydrogen-bond acceptors (Lipinski definition) is 4. The van der Waals surface area contributed by atoms with Crippen LogP contribution in [0.4, 0.5) is 11.4 Å². The van der Waals surface area contributed by atoms with Crippen molar-refractivity contribution in [1.82, 2.24) is 4.90 Å². The lowest BCUT2D eigenvalue weighted by Crippen LogP contribution is -2.35. The van der Waals surface area contributed by atoms with Gasteiger partial charge in [-0.3, -0.25) is 4.79 Å². The van der Waals surface area contributed by atoms with Gasteiger partial charge in [0.2, 0.25) is 0 Å². The molecule has 1 unspecified atom stereocenters. The van der Waals surface area contributed by atoms with Crippen molar-refractivity contribution < 1.29 is 4.79 Å². The molecule has 1 heterocycles. The zero-order chi connectivity index (χ0) is 14.7. The molecule has 1 saturated heterocycles. The van der Waals surface area contributed by atoms with Crippen molar-refractivity contribution in [3.05, 3.63) is 22.7 Å². The molecule has 1 aliphatic rings. The van der Waals surface area contributed by atoms with Crippen LogP contribution >= 0.6 is 11.6 Å². The summed E-state index contributed by atoms with van der Waals surface area (Å²) < 4.78 is 0. The number of rotatable bonds is 4. The molecule has 0 aromatic heterocycles. The first-order valence-electron chi connectivity index (χ1n) is 6.78. The van der Waals surface area contributed by atoms with E-state index in [9.17, 15) is 4.79 Å². The summed E-state index contributed by atoms with van der Waals surface area (Å²) in [5.41, 5.74) is 12.4. The smallest absolute Gasteiger partial charge is 0.250 e. The number of halogens is 1. The molecule has 1 amide bonds. The highest BCUT2D eigenvalue weighted by Gasteiger charge is 2.19. The van der Waals surface area contributed by atoms with Crippen LogP contribution in [0.5, 0.6) is 0 Å². The van der Waals surface area contributed by atoms with Crippen molar-refractivity contribution >= 4 is 28.9 Å². The quantitative estimate of drug-likeness (QED) is 0.739. The molecule has 1 atom stereocenters. The number of amides is 1. The third-order valence-corrected chi connectivity index (χ3v) is 3.97. The number of piperidine rings is 1. The van der Waals surface area contributed by atoms with Gasteiger partial charge in [-0.15, -0.1) is 0 Å². The first-order valence-corrected chi connectivity index (χ1v) is 7.16. The number of nitrogens with one attached hydrogen (secondary N) is 1. The minimum Gasteiger partial charge on any atom is -0.399 e. The number of carbonyl (C=O) groups excluding carboxylic acids is 1. The lowest BCUT2D eigenvalue weighted by molar-refractivity contribution is 0.100. The van der Waals surface area contributed by atoms with Crippen molar-refractivity contribution in [2.24, 2.45) is 11.7 Å². The largest absolute Gasteiger partial charge is 0.399 e. The van der Waals surface area contributed by atoms with Crippen molar-refractivity contribution in [2.75, 3.05) is 37.7 Å². The summed E-state index contributed by atoms with van der Waals surface area (Å²) in [6, 6.07) is 3.19. The molecule has 0 saturated carbocycles. The number of nitrogens with two attached hydrogens (primary N) is 2. The number of primary amides is 1. The fourth-order valence-corrected chi connectivity index (χ4v) is 2.98. The molecule has 0 aliphatic carbocycles. The third-order valence-electron chi connectivity index (χ3n) is 3.67. The average Bonchev–Trinajstić information content (AvgIpc) is 2.36. The number of nitrogens with zero attached hydrogens (tertiary/aromatic N) is 1. The second-order valence-corrected chi connectivity index (χ2v) is 5.85. The van der Waals surface area contributed by atoms with Gasteiger partial charge in [0.05, 0.1) is 16.3 Å². The molecule has 0 bridgehead atoms. The predicted octanol–water partition coefficient (Wildman–Crippen LogP) is 1.77. The van der Waals surface area contributed by atoms with E-state index in [0.29, 0.717) is 27.9 Å². The van der Waals surface area contributed by atoms with Gasteiger partial charge in [-0.05, 0) is 44.5 Å². The molecule has 1 fully saturated rings. The number of nitrogen functional groups attached to an aromatic ring is 1. The Hall–Kier alpha value is -1.46. The van der Waals surface area contributed by atoms with E-state index in [1.807, 2.05) is 0 Å². The summed E-state index contributed by atoms with van der Waals surface area (Å²) in [5.74, 6) is 0.0190. The van der Waals surface area contributed by atoms with E-state index in [2.05, 4.69) is 17.3 Å². The van der Waals surface area contributed by atoms with Gasteiger partial charge >= 0.3 is 0 Å². The summed E-state index contributed by atoms with van der Waals surface area (Å²) in [6.45, 7) is 2.96. The Balaban J connectivity index is 2.10. The zero-order valence-electron chi connectivity index (χ0n) is 11.7. The van der Waals surface area contributed by atoms with Crippen LogP contribution in [-0.4, -0.2) is 37.5 Å². The fourth-order valence-electron chi connectivity index (χ4n) is 2.69.